The van der Waals surface area contributed by atoms with Crippen molar-refractivity contribution in [2.45, 2.75) is 16.0 Å². The van der Waals surface area contributed by atoms with Crippen LogP contribution in [0.2, 0.25) is 0 Å². The lowest BCUT2D eigenvalue weighted by molar-refractivity contribution is -0.138. The van der Waals surface area contributed by atoms with E-state index in [2.05, 4.69) is 9.98 Å². The smallest absolute Gasteiger partial charge is 0.320 e. The zero-order valence-corrected chi connectivity index (χ0v) is 8.30. The lowest BCUT2D eigenvalue weighted by Crippen LogP contribution is -2.37. The number of alkyl halides is 1. The number of carboxylic acids is 1. The van der Waals surface area contributed by atoms with Crippen LogP contribution in [0.4, 0.5) is 0 Å². The van der Waals surface area contributed by atoms with Gasteiger partial charge in [0, 0.05) is 12.6 Å². The lowest BCUT2D eigenvalue weighted by Gasteiger charge is -2.16. The van der Waals surface area contributed by atoms with Crippen molar-refractivity contribution in [3.63, 3.8) is 0 Å². The molecule has 6 heteroatoms. The summed E-state index contributed by atoms with van der Waals surface area (Å²) in [4.78, 5) is 18.2. The van der Waals surface area contributed by atoms with Crippen LogP contribution in [0.1, 0.15) is 6.42 Å². The summed E-state index contributed by atoms with van der Waals surface area (Å²) in [7, 11) is 0. The minimum Gasteiger partial charge on any atom is -0.480 e. The number of nitrogens with zero attached hydrogens (tertiary/aromatic N) is 2. The predicted molar refractivity (Wildman–Crippen MR) is 54.0 cm³/mol. The van der Waals surface area contributed by atoms with E-state index in [1.54, 1.807) is 6.21 Å². The van der Waals surface area contributed by atoms with Gasteiger partial charge < -0.3 is 10.8 Å². The number of nitrogens with two attached hydrogens (primary N) is 1. The fraction of sp³-hybridized carbons (Fsp3) is 0.500. The van der Waals surface area contributed by atoms with Crippen LogP contribution in [0.5, 0.6) is 0 Å². The van der Waals surface area contributed by atoms with E-state index in [-0.39, 0.29) is 6.42 Å². The van der Waals surface area contributed by atoms with E-state index in [0.29, 0.717) is 0 Å². The normalized spacial score (nSPS) is 29.2. The molecule has 0 aliphatic carbocycles. The zero-order chi connectivity index (χ0) is 9.19. The van der Waals surface area contributed by atoms with Crippen LogP contribution >= 0.6 is 22.6 Å². The average Bonchev–Trinajstić information content (AvgIpc) is 2.35. The van der Waals surface area contributed by atoms with Crippen molar-refractivity contribution >= 4 is 41.1 Å². The second-order valence-electron chi connectivity index (χ2n) is 2.49. The van der Waals surface area contributed by atoms with Crippen LogP contribution in [0.15, 0.2) is 9.98 Å². The third-order valence-corrected chi connectivity index (χ3v) is 2.43. The van der Waals surface area contributed by atoms with Crippen LogP contribution in [0.25, 0.3) is 0 Å². The molecule has 0 saturated heterocycles. The minimum atomic E-state index is -1.01. The van der Waals surface area contributed by atoms with Crippen molar-refractivity contribution in [3.05, 3.63) is 0 Å². The predicted octanol–water partition coefficient (Wildman–Crippen LogP) is 0.0324. The molecule has 5 nitrogen and oxygen atoms in total. The topological polar surface area (TPSA) is 88.0 Å². The molecule has 1 aliphatic heterocycles. The fourth-order valence-electron chi connectivity index (χ4n) is 0.811. The molecule has 0 amide bonds. The molecule has 1 heterocycles. The Balaban J connectivity index is 2.56. The SMILES string of the molecule is N[C@@H](CC1(I)C=NC=N1)C(=O)O. The highest BCUT2D eigenvalue weighted by molar-refractivity contribution is 14.1. The maximum absolute atomic E-state index is 10.4. The largest absolute Gasteiger partial charge is 0.480 e. The molecule has 1 rings (SSSR count). The molecule has 1 unspecified atom stereocenters. The molecule has 0 radical (unpaired) electrons. The number of hydrogen-bond donors (Lipinski definition) is 2. The summed E-state index contributed by atoms with van der Waals surface area (Å²) < 4.78 is -0.560. The van der Waals surface area contributed by atoms with E-state index in [1.165, 1.54) is 6.34 Å². The second kappa shape index (κ2) is 3.48. The number of halogens is 1. The summed E-state index contributed by atoms with van der Waals surface area (Å²) in [6, 6.07) is -0.886. The van der Waals surface area contributed by atoms with Gasteiger partial charge in [-0.2, -0.15) is 0 Å². The van der Waals surface area contributed by atoms with Crippen molar-refractivity contribution in [2.75, 3.05) is 0 Å². The van der Waals surface area contributed by atoms with E-state index >= 15 is 0 Å². The summed E-state index contributed by atoms with van der Waals surface area (Å²) in [6.07, 6.45) is 3.26. The van der Waals surface area contributed by atoms with E-state index in [4.69, 9.17) is 10.8 Å². The fourth-order valence-corrected chi connectivity index (χ4v) is 1.57. The zero-order valence-electron chi connectivity index (χ0n) is 6.14. The van der Waals surface area contributed by atoms with Gasteiger partial charge >= 0.3 is 5.97 Å². The Labute approximate surface area is 82.9 Å². The van der Waals surface area contributed by atoms with E-state index in [0.717, 1.165) is 0 Å². The Hall–Kier alpha value is -0.500. The Morgan fingerprint density at radius 3 is 2.92 bits per heavy atom. The van der Waals surface area contributed by atoms with Crippen molar-refractivity contribution in [1.29, 1.82) is 0 Å². The Morgan fingerprint density at radius 1 is 1.83 bits per heavy atom. The number of aliphatic carboxylic acids is 1. The maximum Gasteiger partial charge on any atom is 0.320 e. The number of carbonyl (C=O) groups is 1. The van der Waals surface area contributed by atoms with Crippen LogP contribution in [-0.2, 0) is 4.79 Å². The highest BCUT2D eigenvalue weighted by Crippen LogP contribution is 2.26. The molecule has 66 valence electrons. The van der Waals surface area contributed by atoms with Gasteiger partial charge in [-0.3, -0.25) is 9.79 Å². The average molecular weight is 281 g/mol. The van der Waals surface area contributed by atoms with Crippen LogP contribution in [0.3, 0.4) is 0 Å². The van der Waals surface area contributed by atoms with Crippen LogP contribution in [0, 0.1) is 0 Å². The third kappa shape index (κ3) is 2.24. The first-order valence-corrected chi connectivity index (χ1v) is 4.37. The molecule has 3 N–H and O–H groups in total. The van der Waals surface area contributed by atoms with E-state index in [1.807, 2.05) is 22.6 Å². The highest BCUT2D eigenvalue weighted by Gasteiger charge is 2.30. The molecule has 1 aliphatic rings. The Bertz CT molecular complexity index is 239. The molecule has 0 aromatic rings. The molecule has 0 saturated carbocycles. The molecular formula is C6H8IN3O2. The van der Waals surface area contributed by atoms with Gasteiger partial charge in [0.25, 0.3) is 0 Å². The van der Waals surface area contributed by atoms with E-state index < -0.39 is 15.6 Å². The Morgan fingerprint density at radius 2 is 2.50 bits per heavy atom. The quantitative estimate of drug-likeness (QED) is 0.434. The molecule has 0 spiro atoms. The molecular weight excluding hydrogens is 273 g/mol. The van der Waals surface area contributed by atoms with Crippen molar-refractivity contribution in [2.24, 2.45) is 15.7 Å². The summed E-state index contributed by atoms with van der Waals surface area (Å²) >= 11 is 2.02. The highest BCUT2D eigenvalue weighted by atomic mass is 127. The van der Waals surface area contributed by atoms with Crippen molar-refractivity contribution in [1.82, 2.24) is 0 Å². The molecule has 2 atom stereocenters. The van der Waals surface area contributed by atoms with Gasteiger partial charge in [0.05, 0.1) is 0 Å². The van der Waals surface area contributed by atoms with Gasteiger partial charge in [-0.15, -0.1) is 0 Å². The summed E-state index contributed by atoms with van der Waals surface area (Å²) in [5, 5.41) is 8.53. The van der Waals surface area contributed by atoms with Gasteiger partial charge in [-0.25, -0.2) is 4.99 Å². The Kier molecular flexibility index (Phi) is 2.78. The summed E-state index contributed by atoms with van der Waals surface area (Å²) in [5.41, 5.74) is 5.34. The van der Waals surface area contributed by atoms with E-state index in [9.17, 15) is 4.79 Å². The molecule has 0 fully saturated rings. The standard InChI is InChI=1S/C6H8IN3O2/c7-6(2-9-3-10-6)1-4(8)5(11)12/h2-4H,1,8H2,(H,11,12)/t4-,6?/m0/s1. The van der Waals surface area contributed by atoms with Gasteiger partial charge in [-0.1, -0.05) is 0 Å². The van der Waals surface area contributed by atoms with Crippen LogP contribution < -0.4 is 5.73 Å². The summed E-state index contributed by atoms with van der Waals surface area (Å²) in [5.74, 6) is -1.01. The van der Waals surface area contributed by atoms with Gasteiger partial charge in [0.1, 0.15) is 12.4 Å². The molecule has 0 bridgehead atoms. The van der Waals surface area contributed by atoms with Crippen molar-refractivity contribution < 1.29 is 9.90 Å². The number of carboxylic acid groups (broad SMARTS) is 1. The number of hydrogen-bond acceptors (Lipinski definition) is 4. The van der Waals surface area contributed by atoms with Gasteiger partial charge in [-0.05, 0) is 22.6 Å². The second-order valence-corrected chi connectivity index (χ2v) is 4.36. The molecule has 0 aromatic carbocycles. The van der Waals surface area contributed by atoms with Gasteiger partial charge in [0.2, 0.25) is 0 Å². The molecule has 0 aromatic heterocycles. The monoisotopic (exact) mass is 281 g/mol. The maximum atomic E-state index is 10.4. The summed E-state index contributed by atoms with van der Waals surface area (Å²) in [6.45, 7) is 0. The number of rotatable bonds is 3. The molecule has 12 heavy (non-hydrogen) atoms. The first-order valence-electron chi connectivity index (χ1n) is 3.29. The van der Waals surface area contributed by atoms with Crippen LogP contribution in [-0.4, -0.2) is 33.2 Å². The third-order valence-electron chi connectivity index (χ3n) is 1.43. The first-order chi connectivity index (χ1) is 5.53. The van der Waals surface area contributed by atoms with Crippen molar-refractivity contribution in [3.8, 4) is 0 Å². The number of aliphatic imine (C=N–C) groups is 2. The lowest BCUT2D eigenvalue weighted by atomic mass is 10.1. The minimum absolute atomic E-state index is 0.267. The first kappa shape index (κ1) is 9.59. The van der Waals surface area contributed by atoms with Gasteiger partial charge in [0.15, 0.2) is 3.55 Å².